The van der Waals surface area contributed by atoms with Gasteiger partial charge in [-0.25, -0.2) is 0 Å². The van der Waals surface area contributed by atoms with Gasteiger partial charge in [0.2, 0.25) is 0 Å². The zero-order chi connectivity index (χ0) is 10.7. The Bertz CT molecular complexity index is 523. The summed E-state index contributed by atoms with van der Waals surface area (Å²) in [5.41, 5.74) is 2.42. The molecule has 0 bridgehead atoms. The molecule has 3 aromatic rings. The Hall–Kier alpha value is -1.25. The second-order valence-electron chi connectivity index (χ2n) is 3.22. The molecule has 1 nitrogen and oxygen atoms in total. The number of fused-ring (bicyclic) bond motifs is 3. The number of H-pyrrole nitrogens is 1. The Kier molecular flexibility index (Phi) is 3.09. The lowest BCUT2D eigenvalue weighted by Gasteiger charge is -1.87. The molecule has 0 fully saturated rings. The molecular weight excluding hydrogens is 222 g/mol. The molecular formula is C12H12ClNSi. The van der Waals surface area contributed by atoms with Crippen LogP contribution in [0.3, 0.4) is 0 Å². The van der Waals surface area contributed by atoms with Gasteiger partial charge in [-0.2, -0.15) is 11.1 Å². The largest absolute Gasteiger partial charge is 0.355 e. The van der Waals surface area contributed by atoms with E-state index < -0.39 is 0 Å². The van der Waals surface area contributed by atoms with Crippen LogP contribution < -0.4 is 0 Å². The predicted molar refractivity (Wildman–Crippen MR) is 71.6 cm³/mol. The summed E-state index contributed by atoms with van der Waals surface area (Å²) in [4.78, 5) is 3.38. The molecule has 0 saturated carbocycles. The molecule has 15 heavy (non-hydrogen) atoms. The molecule has 3 heteroatoms. The second kappa shape index (κ2) is 4.51. The van der Waals surface area contributed by atoms with Crippen molar-refractivity contribution in [2.24, 2.45) is 0 Å². The topological polar surface area (TPSA) is 15.8 Å². The second-order valence-corrected chi connectivity index (χ2v) is 3.22. The molecule has 1 heterocycles. The van der Waals surface area contributed by atoms with Gasteiger partial charge in [-0.3, -0.25) is 0 Å². The summed E-state index contributed by atoms with van der Waals surface area (Å²) in [6.07, 6.45) is 0. The van der Waals surface area contributed by atoms with Gasteiger partial charge in [-0.15, -0.1) is 0 Å². The molecule has 0 unspecified atom stereocenters. The van der Waals surface area contributed by atoms with Gasteiger partial charge in [-0.05, 0) is 12.1 Å². The minimum atomic E-state index is 0.778. The quantitative estimate of drug-likeness (QED) is 0.454. The maximum atomic E-state index is 4.78. The average molecular weight is 234 g/mol. The van der Waals surface area contributed by atoms with E-state index in [4.69, 9.17) is 11.1 Å². The summed E-state index contributed by atoms with van der Waals surface area (Å²) in [6, 6.07) is 16.8. The van der Waals surface area contributed by atoms with Gasteiger partial charge >= 0.3 is 0 Å². The highest BCUT2D eigenvalue weighted by Crippen LogP contribution is 2.24. The normalized spacial score (nSPS) is 10.2. The monoisotopic (exact) mass is 233 g/mol. The highest BCUT2D eigenvalue weighted by atomic mass is 35.6. The van der Waals surface area contributed by atoms with Crippen molar-refractivity contribution in [3.63, 3.8) is 0 Å². The summed E-state index contributed by atoms with van der Waals surface area (Å²) >= 11 is 4.78. The zero-order valence-corrected chi connectivity index (χ0v) is 11.3. The minimum absolute atomic E-state index is 0.778. The zero-order valence-electron chi connectivity index (χ0n) is 8.50. The van der Waals surface area contributed by atoms with E-state index in [1.165, 1.54) is 21.8 Å². The number of rotatable bonds is 0. The number of hydrogen-bond acceptors (Lipinski definition) is 0. The fraction of sp³-hybridized carbons (Fsp3) is 0. The average Bonchev–Trinajstić information content (AvgIpc) is 2.70. The van der Waals surface area contributed by atoms with Crippen molar-refractivity contribution in [1.82, 2.24) is 4.98 Å². The first kappa shape index (κ1) is 10.3. The molecule has 2 aromatic carbocycles. The van der Waals surface area contributed by atoms with Crippen LogP contribution in [0.2, 0.25) is 0 Å². The molecule has 0 aliphatic carbocycles. The number of benzene rings is 2. The van der Waals surface area contributed by atoms with Crippen molar-refractivity contribution in [3.05, 3.63) is 48.5 Å². The lowest BCUT2D eigenvalue weighted by Crippen LogP contribution is -1.62. The first-order chi connectivity index (χ1) is 7.45. The SMILES string of the molecule is [SiH3]Cl.c1ccc2c(c1)[nH]c1ccccc12. The lowest BCUT2D eigenvalue weighted by atomic mass is 10.2. The van der Waals surface area contributed by atoms with Crippen LogP contribution in [0.1, 0.15) is 0 Å². The third kappa shape index (κ3) is 1.78. The van der Waals surface area contributed by atoms with Crippen LogP contribution in [0.5, 0.6) is 0 Å². The number of halogens is 1. The van der Waals surface area contributed by atoms with Gasteiger partial charge in [0.1, 0.15) is 9.55 Å². The van der Waals surface area contributed by atoms with E-state index in [9.17, 15) is 0 Å². The van der Waals surface area contributed by atoms with E-state index in [-0.39, 0.29) is 0 Å². The van der Waals surface area contributed by atoms with Crippen LogP contribution >= 0.6 is 11.1 Å². The summed E-state index contributed by atoms with van der Waals surface area (Å²) in [6.45, 7) is 0. The van der Waals surface area contributed by atoms with E-state index in [0.717, 1.165) is 9.55 Å². The van der Waals surface area contributed by atoms with Crippen molar-refractivity contribution in [2.75, 3.05) is 0 Å². The van der Waals surface area contributed by atoms with E-state index in [0.29, 0.717) is 0 Å². The number of hydrogen-bond donors (Lipinski definition) is 1. The number of para-hydroxylation sites is 2. The molecule has 0 saturated heterocycles. The van der Waals surface area contributed by atoms with Gasteiger partial charge in [0.25, 0.3) is 0 Å². The maximum absolute atomic E-state index is 4.78. The van der Waals surface area contributed by atoms with Gasteiger partial charge in [0.15, 0.2) is 0 Å². The van der Waals surface area contributed by atoms with Crippen molar-refractivity contribution in [3.8, 4) is 0 Å². The summed E-state index contributed by atoms with van der Waals surface area (Å²) in [5, 5.41) is 2.61. The number of aromatic amines is 1. The van der Waals surface area contributed by atoms with Gasteiger partial charge < -0.3 is 4.98 Å². The van der Waals surface area contributed by atoms with E-state index in [1.807, 2.05) is 0 Å². The maximum Gasteiger partial charge on any atom is 0.109 e. The van der Waals surface area contributed by atoms with Crippen LogP contribution in [-0.4, -0.2) is 14.5 Å². The highest BCUT2D eigenvalue weighted by molar-refractivity contribution is 6.80. The molecule has 3 rings (SSSR count). The van der Waals surface area contributed by atoms with E-state index in [2.05, 4.69) is 53.5 Å². The molecule has 0 atom stereocenters. The van der Waals surface area contributed by atoms with E-state index in [1.54, 1.807) is 0 Å². The third-order valence-corrected chi connectivity index (χ3v) is 2.41. The number of nitrogens with one attached hydrogen (secondary N) is 1. The van der Waals surface area contributed by atoms with Crippen LogP contribution in [0, 0.1) is 0 Å². The first-order valence-electron chi connectivity index (χ1n) is 4.78. The van der Waals surface area contributed by atoms with Crippen LogP contribution in [0.25, 0.3) is 21.8 Å². The first-order valence-corrected chi connectivity index (χ1v) is 7.81. The van der Waals surface area contributed by atoms with Crippen LogP contribution in [0.15, 0.2) is 48.5 Å². The van der Waals surface area contributed by atoms with Crippen molar-refractivity contribution in [2.45, 2.75) is 0 Å². The van der Waals surface area contributed by atoms with Gasteiger partial charge in [-0.1, -0.05) is 36.4 Å². The van der Waals surface area contributed by atoms with Crippen molar-refractivity contribution in [1.29, 1.82) is 0 Å². The van der Waals surface area contributed by atoms with Crippen LogP contribution in [-0.2, 0) is 0 Å². The van der Waals surface area contributed by atoms with Crippen LogP contribution in [0.4, 0.5) is 0 Å². The fourth-order valence-corrected chi connectivity index (χ4v) is 1.80. The van der Waals surface area contributed by atoms with Crippen molar-refractivity contribution < 1.29 is 0 Å². The Labute approximate surface area is 96.2 Å². The lowest BCUT2D eigenvalue weighted by molar-refractivity contribution is 1.55. The van der Waals surface area contributed by atoms with Crippen molar-refractivity contribution >= 4 is 42.4 Å². The van der Waals surface area contributed by atoms with E-state index >= 15 is 0 Å². The minimum Gasteiger partial charge on any atom is -0.355 e. The molecule has 1 N–H and O–H groups in total. The summed E-state index contributed by atoms with van der Waals surface area (Å²) in [5.74, 6) is 0. The third-order valence-electron chi connectivity index (χ3n) is 2.41. The Balaban J connectivity index is 0.000000404. The molecule has 76 valence electrons. The Morgan fingerprint density at radius 2 is 1.13 bits per heavy atom. The van der Waals surface area contributed by atoms with Gasteiger partial charge in [0, 0.05) is 21.8 Å². The smallest absolute Gasteiger partial charge is 0.109 e. The predicted octanol–water partition coefficient (Wildman–Crippen LogP) is 2.83. The van der Waals surface area contributed by atoms with Gasteiger partial charge in [0.05, 0.1) is 0 Å². The molecule has 0 spiro atoms. The summed E-state index contributed by atoms with van der Waals surface area (Å²) in [7, 11) is 0.778. The Morgan fingerprint density at radius 1 is 0.733 bits per heavy atom. The fourth-order valence-electron chi connectivity index (χ4n) is 1.80. The molecule has 0 aliphatic rings. The standard InChI is InChI=1S/C12H9N.ClH3Si/c1-3-7-11-9(5-1)10-6-2-4-8-12(10)13-11;1-2/h1-8,13H;2H3. The molecule has 1 aromatic heterocycles. The molecule has 0 radical (unpaired) electrons. The number of aromatic nitrogens is 1. The molecule has 0 amide bonds. The molecule has 0 aliphatic heterocycles. The summed E-state index contributed by atoms with van der Waals surface area (Å²) < 4.78 is 0. The highest BCUT2D eigenvalue weighted by Gasteiger charge is 2.00. The Morgan fingerprint density at radius 3 is 1.60 bits per heavy atom.